The van der Waals surface area contributed by atoms with Gasteiger partial charge in [-0.2, -0.15) is 5.10 Å². The summed E-state index contributed by atoms with van der Waals surface area (Å²) in [7, 11) is 0. The molecule has 2 N–H and O–H groups in total. The van der Waals surface area contributed by atoms with Crippen molar-refractivity contribution in [2.75, 3.05) is 11.9 Å². The Labute approximate surface area is 168 Å². The summed E-state index contributed by atoms with van der Waals surface area (Å²) in [5, 5.41) is 13.2. The minimum atomic E-state index is 0.666. The Morgan fingerprint density at radius 2 is 1.89 bits per heavy atom. The molecule has 0 bridgehead atoms. The summed E-state index contributed by atoms with van der Waals surface area (Å²) in [6, 6.07) is 16.8. The molecule has 0 unspecified atom stereocenters. The van der Waals surface area contributed by atoms with Crippen LogP contribution in [-0.4, -0.2) is 17.3 Å². The molecule has 0 atom stereocenters. The molecule has 0 aromatic heterocycles. The molecule has 4 nitrogen and oxygen atoms in total. The van der Waals surface area contributed by atoms with E-state index in [4.69, 9.17) is 5.10 Å². The van der Waals surface area contributed by atoms with Crippen molar-refractivity contribution in [3.05, 3.63) is 102 Å². The standard InChI is InChI=1S/C24H28N4/c1-6-21-8-7-9-23(15-21)25-16-24-14-18(3)28(20(5)26-24)27-19(4)22-12-10-17(2)11-13-22/h7-15,25-26H,3,5-6,16H2,1-2,4H3/b27-19+. The number of allylic oxidation sites excluding steroid dienone is 1. The van der Waals surface area contributed by atoms with Crippen LogP contribution in [0, 0.1) is 6.92 Å². The quantitative estimate of drug-likeness (QED) is 0.688. The third-order valence-corrected chi connectivity index (χ3v) is 4.71. The molecule has 0 fully saturated rings. The van der Waals surface area contributed by atoms with Gasteiger partial charge in [0.25, 0.3) is 0 Å². The summed E-state index contributed by atoms with van der Waals surface area (Å²) in [6.45, 7) is 15.2. The predicted octanol–water partition coefficient (Wildman–Crippen LogP) is 5.17. The van der Waals surface area contributed by atoms with Crippen LogP contribution in [0.1, 0.15) is 30.5 Å². The van der Waals surface area contributed by atoms with Gasteiger partial charge in [-0.1, -0.05) is 62.0 Å². The molecule has 144 valence electrons. The molecule has 2 aromatic rings. The lowest BCUT2D eigenvalue weighted by Gasteiger charge is -2.29. The normalized spacial score (nSPS) is 14.6. The number of aryl methyl sites for hydroxylation is 2. The van der Waals surface area contributed by atoms with Crippen molar-refractivity contribution in [2.45, 2.75) is 27.2 Å². The van der Waals surface area contributed by atoms with E-state index in [2.05, 4.69) is 86.2 Å². The summed E-state index contributed by atoms with van der Waals surface area (Å²) in [5.74, 6) is 0.693. The molecule has 0 saturated heterocycles. The molecule has 3 rings (SSSR count). The van der Waals surface area contributed by atoms with Crippen molar-refractivity contribution in [2.24, 2.45) is 5.10 Å². The van der Waals surface area contributed by atoms with E-state index >= 15 is 0 Å². The summed E-state index contributed by atoms with van der Waals surface area (Å²) in [5.41, 5.74) is 7.44. The highest BCUT2D eigenvalue weighted by atomic mass is 15.5. The molecule has 0 spiro atoms. The molecular formula is C24H28N4. The van der Waals surface area contributed by atoms with Gasteiger partial charge in [-0.3, -0.25) is 0 Å². The molecule has 0 aliphatic carbocycles. The number of nitrogens with zero attached hydrogens (tertiary/aromatic N) is 2. The second-order valence-corrected chi connectivity index (χ2v) is 7.00. The van der Waals surface area contributed by atoms with Gasteiger partial charge in [0.2, 0.25) is 0 Å². The maximum Gasteiger partial charge on any atom is 0.125 e. The number of rotatable bonds is 6. The highest BCUT2D eigenvalue weighted by Gasteiger charge is 2.17. The monoisotopic (exact) mass is 372 g/mol. The van der Waals surface area contributed by atoms with Gasteiger partial charge >= 0.3 is 0 Å². The van der Waals surface area contributed by atoms with Crippen LogP contribution in [0.3, 0.4) is 0 Å². The van der Waals surface area contributed by atoms with Gasteiger partial charge in [0.1, 0.15) is 5.82 Å². The highest BCUT2D eigenvalue weighted by molar-refractivity contribution is 5.98. The Morgan fingerprint density at radius 3 is 2.57 bits per heavy atom. The molecule has 4 heteroatoms. The maximum absolute atomic E-state index is 4.70. The second-order valence-electron chi connectivity index (χ2n) is 7.00. The van der Waals surface area contributed by atoms with Crippen molar-refractivity contribution >= 4 is 11.4 Å². The lowest BCUT2D eigenvalue weighted by molar-refractivity contribution is 0.428. The van der Waals surface area contributed by atoms with Gasteiger partial charge < -0.3 is 10.6 Å². The first-order valence-electron chi connectivity index (χ1n) is 9.57. The molecule has 0 radical (unpaired) electrons. The van der Waals surface area contributed by atoms with Gasteiger partial charge in [0.15, 0.2) is 0 Å². The van der Waals surface area contributed by atoms with Gasteiger partial charge in [0.05, 0.1) is 18.0 Å². The van der Waals surface area contributed by atoms with Gasteiger partial charge in [-0.05, 0) is 49.6 Å². The number of hydrazone groups is 1. The topological polar surface area (TPSA) is 39.7 Å². The average molecular weight is 373 g/mol. The van der Waals surface area contributed by atoms with Crippen LogP contribution in [-0.2, 0) is 6.42 Å². The Kier molecular flexibility index (Phi) is 5.99. The Morgan fingerprint density at radius 1 is 1.14 bits per heavy atom. The van der Waals surface area contributed by atoms with Crippen molar-refractivity contribution in [3.63, 3.8) is 0 Å². The van der Waals surface area contributed by atoms with Crippen molar-refractivity contribution < 1.29 is 0 Å². The van der Waals surface area contributed by atoms with Crippen LogP contribution in [0.15, 0.2) is 90.1 Å². The van der Waals surface area contributed by atoms with Crippen molar-refractivity contribution in [1.29, 1.82) is 0 Å². The van der Waals surface area contributed by atoms with Crippen molar-refractivity contribution in [1.82, 2.24) is 10.3 Å². The van der Waals surface area contributed by atoms with E-state index in [-0.39, 0.29) is 0 Å². The molecule has 2 aromatic carbocycles. The van der Waals surface area contributed by atoms with Crippen LogP contribution in [0.2, 0.25) is 0 Å². The highest BCUT2D eigenvalue weighted by Crippen LogP contribution is 2.20. The van der Waals surface area contributed by atoms with E-state index in [1.807, 2.05) is 13.0 Å². The molecule has 0 amide bonds. The molecule has 1 aliphatic heterocycles. The van der Waals surface area contributed by atoms with E-state index < -0.39 is 0 Å². The summed E-state index contributed by atoms with van der Waals surface area (Å²) >= 11 is 0. The lowest BCUT2D eigenvalue weighted by Crippen LogP contribution is -2.33. The number of nitrogens with one attached hydrogen (secondary N) is 2. The predicted molar refractivity (Wildman–Crippen MR) is 119 cm³/mol. The summed E-state index contributed by atoms with van der Waals surface area (Å²) in [6.07, 6.45) is 3.02. The molecule has 28 heavy (non-hydrogen) atoms. The molecule has 0 saturated carbocycles. The minimum absolute atomic E-state index is 0.666. The largest absolute Gasteiger partial charge is 0.379 e. The number of anilines is 1. The summed E-state index contributed by atoms with van der Waals surface area (Å²) < 4.78 is 0. The Balaban J connectivity index is 1.69. The van der Waals surface area contributed by atoms with Gasteiger partial charge in [-0.25, -0.2) is 5.01 Å². The molecule has 1 aliphatic rings. The fraction of sp³-hybridized carbons (Fsp3) is 0.208. The average Bonchev–Trinajstić information content (AvgIpc) is 2.69. The zero-order valence-corrected chi connectivity index (χ0v) is 16.9. The minimum Gasteiger partial charge on any atom is -0.379 e. The zero-order chi connectivity index (χ0) is 20.1. The first-order valence-corrected chi connectivity index (χ1v) is 9.57. The first kappa shape index (κ1) is 19.5. The third kappa shape index (κ3) is 4.71. The number of benzene rings is 2. The summed E-state index contributed by atoms with van der Waals surface area (Å²) in [4.78, 5) is 0. The smallest absolute Gasteiger partial charge is 0.125 e. The van der Waals surface area contributed by atoms with E-state index in [1.165, 1.54) is 11.1 Å². The zero-order valence-electron chi connectivity index (χ0n) is 16.9. The van der Waals surface area contributed by atoms with Crippen molar-refractivity contribution in [3.8, 4) is 0 Å². The fourth-order valence-corrected chi connectivity index (χ4v) is 3.03. The SMILES string of the molecule is C=C1C=C(CNc2cccc(CC)c2)NC(=C)N1/N=C(\C)c1ccc(C)cc1. The Hall–Kier alpha value is -3.27. The maximum atomic E-state index is 4.70. The third-order valence-electron chi connectivity index (χ3n) is 4.71. The Bertz CT molecular complexity index is 935. The van der Waals surface area contributed by atoms with E-state index in [0.29, 0.717) is 12.4 Å². The second kappa shape index (κ2) is 8.61. The van der Waals surface area contributed by atoms with E-state index in [0.717, 1.165) is 34.8 Å². The van der Waals surface area contributed by atoms with E-state index in [1.54, 1.807) is 5.01 Å². The van der Waals surface area contributed by atoms with Crippen LogP contribution < -0.4 is 10.6 Å². The number of hydrogen-bond acceptors (Lipinski definition) is 4. The van der Waals surface area contributed by atoms with Crippen LogP contribution >= 0.6 is 0 Å². The van der Waals surface area contributed by atoms with Gasteiger partial charge in [-0.15, -0.1) is 0 Å². The number of hydrogen-bond donors (Lipinski definition) is 2. The van der Waals surface area contributed by atoms with Crippen LogP contribution in [0.5, 0.6) is 0 Å². The van der Waals surface area contributed by atoms with Gasteiger partial charge in [0, 0.05) is 11.4 Å². The lowest BCUT2D eigenvalue weighted by atomic mass is 10.1. The fourth-order valence-electron chi connectivity index (χ4n) is 3.03. The van der Waals surface area contributed by atoms with Crippen LogP contribution in [0.4, 0.5) is 5.69 Å². The first-order chi connectivity index (χ1) is 13.5. The molecule has 1 heterocycles. The van der Waals surface area contributed by atoms with Crippen LogP contribution in [0.25, 0.3) is 0 Å². The molecular weight excluding hydrogens is 344 g/mol. The van der Waals surface area contributed by atoms with E-state index in [9.17, 15) is 0 Å².